The molecule has 0 saturated carbocycles. The average Bonchev–Trinajstić information content (AvgIpc) is 2.12. The second-order valence-electron chi connectivity index (χ2n) is 2.86. The summed E-state index contributed by atoms with van der Waals surface area (Å²) in [6, 6.07) is 4.68. The van der Waals surface area contributed by atoms with Gasteiger partial charge in [-0.2, -0.15) is 0 Å². The number of aromatic hydroxyl groups is 1. The third-order valence-corrected chi connectivity index (χ3v) is 4.11. The first kappa shape index (κ1) is 23.2. The molecule has 0 atom stereocenters. The maximum Gasteiger partial charge on any atom is 1.00 e. The van der Waals surface area contributed by atoms with Crippen LogP contribution in [0.2, 0.25) is 0 Å². The predicted octanol–water partition coefficient (Wildman–Crippen LogP) is -6.85. The van der Waals surface area contributed by atoms with Gasteiger partial charge in [0, 0.05) is 0 Å². The van der Waals surface area contributed by atoms with Gasteiger partial charge >= 0.3 is 103 Å². The molecule has 0 spiro atoms. The first-order valence-electron chi connectivity index (χ1n) is 3.96. The van der Waals surface area contributed by atoms with Crippen molar-refractivity contribution in [3.8, 4) is 11.5 Å². The van der Waals surface area contributed by atoms with Gasteiger partial charge in [0.1, 0.15) is 20.2 Å². The summed E-state index contributed by atoms with van der Waals surface area (Å²) in [5.74, 6) is -1.21. The maximum absolute atomic E-state index is 10.6. The molecule has 0 aromatic heterocycles. The number of rotatable bonds is 4. The molecule has 0 heterocycles. The summed E-state index contributed by atoms with van der Waals surface area (Å²) in [6.07, 6.45) is 0. The third-order valence-electron chi connectivity index (χ3n) is 1.56. The zero-order valence-corrected chi connectivity index (χ0v) is 17.9. The van der Waals surface area contributed by atoms with Crippen LogP contribution >= 0.6 is 0 Å². The molecule has 0 bridgehead atoms. The van der Waals surface area contributed by atoms with Crippen molar-refractivity contribution in [2.75, 3.05) is 0 Å². The van der Waals surface area contributed by atoms with E-state index in [0.717, 1.165) is 12.1 Å². The summed E-state index contributed by atoms with van der Waals surface area (Å²) < 4.78 is 64.4. The quantitative estimate of drug-likeness (QED) is 0.412. The van der Waals surface area contributed by atoms with Crippen LogP contribution < -0.4 is 108 Å². The van der Waals surface area contributed by atoms with Gasteiger partial charge in [-0.1, -0.05) is 12.1 Å². The molecule has 0 aliphatic heterocycles. The largest absolute Gasteiger partial charge is 1.00 e. The van der Waals surface area contributed by atoms with Crippen molar-refractivity contribution in [1.82, 2.24) is 0 Å². The molecule has 0 aliphatic carbocycles. The summed E-state index contributed by atoms with van der Waals surface area (Å²) in [5, 5.41) is 9.17. The molecule has 19 heavy (non-hydrogen) atoms. The van der Waals surface area contributed by atoms with Gasteiger partial charge in [0.2, 0.25) is 0 Å². The van der Waals surface area contributed by atoms with Crippen LogP contribution in [0.1, 0.15) is 0 Å². The van der Waals surface area contributed by atoms with Crippen LogP contribution in [-0.4, -0.2) is 35.8 Å². The average molecular weight is 360 g/mol. The molecule has 0 amide bonds. The van der Waals surface area contributed by atoms with Crippen molar-refractivity contribution in [2.24, 2.45) is 0 Å². The van der Waals surface area contributed by atoms with Gasteiger partial charge in [0.25, 0.3) is 4.77 Å². The van der Waals surface area contributed by atoms with Crippen LogP contribution in [0.4, 0.5) is 0 Å². The minimum Gasteiger partial charge on any atom is -0.744 e. The van der Waals surface area contributed by atoms with Gasteiger partial charge in [-0.25, -0.2) is 16.8 Å². The molecule has 1 aromatic carbocycles. The predicted molar refractivity (Wildman–Crippen MR) is 51.9 cm³/mol. The molecule has 1 aromatic rings. The Labute approximate surface area is 195 Å². The van der Waals surface area contributed by atoms with Crippen LogP contribution in [0, 0.1) is 0 Å². The van der Waals surface area contributed by atoms with Crippen molar-refractivity contribution in [3.63, 3.8) is 0 Å². The maximum atomic E-state index is 10.6. The SMILES string of the molecule is O=S(=O)([O-])C(Oc1ccccc1O)S(=O)(=O)[O-].[K+].[K+]. The summed E-state index contributed by atoms with van der Waals surface area (Å²) in [6.45, 7) is 0. The molecule has 1 N–H and O–H groups in total. The molecule has 1 rings (SSSR count). The van der Waals surface area contributed by atoms with Crippen molar-refractivity contribution >= 4 is 20.2 Å². The molecule has 96 valence electrons. The molecular weight excluding hydrogens is 354 g/mol. The van der Waals surface area contributed by atoms with Crippen LogP contribution in [0.25, 0.3) is 0 Å². The van der Waals surface area contributed by atoms with Crippen molar-refractivity contribution in [2.45, 2.75) is 4.77 Å². The molecule has 0 unspecified atom stereocenters. The Balaban J connectivity index is 0. The van der Waals surface area contributed by atoms with Crippen LogP contribution in [0.3, 0.4) is 0 Å². The molecule has 0 saturated heterocycles. The fourth-order valence-corrected chi connectivity index (χ4v) is 2.52. The summed E-state index contributed by atoms with van der Waals surface area (Å²) in [4.78, 5) is 0. The molecule has 12 heteroatoms. The Morgan fingerprint density at radius 3 is 1.79 bits per heavy atom. The second kappa shape index (κ2) is 9.14. The smallest absolute Gasteiger partial charge is 0.744 e. The van der Waals surface area contributed by atoms with Crippen molar-refractivity contribution in [1.29, 1.82) is 0 Å². The summed E-state index contributed by atoms with van der Waals surface area (Å²) >= 11 is 0. The fraction of sp³-hybridized carbons (Fsp3) is 0.143. The van der Waals surface area contributed by atoms with E-state index in [2.05, 4.69) is 4.74 Å². The fourth-order valence-electron chi connectivity index (χ4n) is 0.923. The van der Waals surface area contributed by atoms with E-state index in [4.69, 9.17) is 0 Å². The standard InChI is InChI=1S/C7H8O8S2.2K/c8-5-3-1-2-4-6(5)15-7(16(9,10)11)17(12,13)14;;/h1-4,7-8H,(H,9,10,11)(H,12,13,14);;/q;2*+1/p-2. The van der Waals surface area contributed by atoms with E-state index < -0.39 is 36.5 Å². The zero-order valence-electron chi connectivity index (χ0n) is 10.0. The van der Waals surface area contributed by atoms with E-state index in [9.17, 15) is 31.0 Å². The number of benzene rings is 1. The Bertz CT molecular complexity index is 580. The molecule has 8 nitrogen and oxygen atoms in total. The van der Waals surface area contributed by atoms with E-state index in [1.54, 1.807) is 0 Å². The summed E-state index contributed by atoms with van der Waals surface area (Å²) in [5.41, 5.74) is 0. The number of para-hydroxylation sites is 2. The second-order valence-corrected chi connectivity index (χ2v) is 5.99. The zero-order chi connectivity index (χ0) is 13.3. The number of ether oxygens (including phenoxy) is 1. The van der Waals surface area contributed by atoms with Crippen molar-refractivity contribution < 1.29 is 139 Å². The van der Waals surface area contributed by atoms with Gasteiger partial charge in [0.15, 0.2) is 11.5 Å². The first-order valence-corrected chi connectivity index (χ1v) is 6.90. The van der Waals surface area contributed by atoms with Gasteiger partial charge in [-0.15, -0.1) is 0 Å². The third kappa shape index (κ3) is 7.64. The molecular formula is C7H6K2O8S2. The number of phenols is 1. The summed E-state index contributed by atoms with van der Waals surface area (Å²) in [7, 11) is -11.0. The minimum atomic E-state index is -5.52. The van der Waals surface area contributed by atoms with Gasteiger partial charge in [-0.05, 0) is 12.1 Å². The Hall–Kier alpha value is 1.91. The van der Waals surface area contributed by atoms with E-state index >= 15 is 0 Å². The van der Waals surface area contributed by atoms with E-state index in [1.807, 2.05) is 0 Å². The van der Waals surface area contributed by atoms with Gasteiger partial charge < -0.3 is 18.9 Å². The normalized spacial score (nSPS) is 11.3. The molecule has 0 aliphatic rings. The van der Waals surface area contributed by atoms with Gasteiger partial charge in [-0.3, -0.25) is 0 Å². The molecule has 0 radical (unpaired) electrons. The molecule has 0 fully saturated rings. The van der Waals surface area contributed by atoms with Crippen molar-refractivity contribution in [3.05, 3.63) is 24.3 Å². The number of phenolic OH excluding ortho intramolecular Hbond substituents is 1. The van der Waals surface area contributed by atoms with E-state index in [1.165, 1.54) is 12.1 Å². The monoisotopic (exact) mass is 360 g/mol. The van der Waals surface area contributed by atoms with Crippen LogP contribution in [0.15, 0.2) is 24.3 Å². The van der Waals surface area contributed by atoms with E-state index in [0.29, 0.717) is 0 Å². The van der Waals surface area contributed by atoms with Crippen LogP contribution in [0.5, 0.6) is 11.5 Å². The minimum absolute atomic E-state index is 0. The first-order chi connectivity index (χ1) is 7.62. The number of hydrogen-bond acceptors (Lipinski definition) is 8. The number of hydrogen-bond donors (Lipinski definition) is 1. The van der Waals surface area contributed by atoms with Gasteiger partial charge in [0.05, 0.1) is 0 Å². The van der Waals surface area contributed by atoms with E-state index in [-0.39, 0.29) is 103 Å². The Morgan fingerprint density at radius 1 is 1.00 bits per heavy atom. The Morgan fingerprint density at radius 2 is 1.42 bits per heavy atom. The topological polar surface area (TPSA) is 144 Å². The Kier molecular flexibility index (Phi) is 11.2. The van der Waals surface area contributed by atoms with Crippen LogP contribution in [-0.2, 0) is 20.2 Å².